The van der Waals surface area contributed by atoms with E-state index < -0.39 is 11.9 Å². The maximum absolute atomic E-state index is 11.8. The van der Waals surface area contributed by atoms with Crippen molar-refractivity contribution in [3.05, 3.63) is 60.2 Å². The molecule has 2 rings (SSSR count). The highest BCUT2D eigenvalue weighted by Gasteiger charge is 2.09. The molecule has 0 unspecified atom stereocenters. The van der Waals surface area contributed by atoms with Crippen LogP contribution in [0.15, 0.2) is 54.6 Å². The minimum Gasteiger partial charge on any atom is -0.325 e. The zero-order valence-corrected chi connectivity index (χ0v) is 14.6. The molecule has 0 aliphatic carbocycles. The Morgan fingerprint density at radius 1 is 0.840 bits per heavy atom. The summed E-state index contributed by atoms with van der Waals surface area (Å²) in [5.74, 6) is -0.510. The van der Waals surface area contributed by atoms with Crippen LogP contribution in [-0.2, 0) is 9.59 Å². The number of nitrogens with one attached hydrogen (secondary N) is 3. The number of amides is 4. The molecule has 0 radical (unpaired) electrons. The van der Waals surface area contributed by atoms with Crippen LogP contribution in [0.3, 0.4) is 0 Å². The summed E-state index contributed by atoms with van der Waals surface area (Å²) in [7, 11) is 0. The molecule has 6 nitrogen and oxygen atoms in total. The number of imide groups is 1. The van der Waals surface area contributed by atoms with E-state index in [1.165, 1.54) is 0 Å². The average Bonchev–Trinajstić information content (AvgIpc) is 2.55. The lowest BCUT2D eigenvalue weighted by Crippen LogP contribution is -2.35. The monoisotopic (exact) mass is 357 g/mol. The molecule has 0 fully saturated rings. The number of hydrogen-bond donors (Lipinski definition) is 3. The first-order valence-electron chi connectivity index (χ1n) is 7.63. The van der Waals surface area contributed by atoms with Crippen LogP contribution in [0.2, 0.25) is 0 Å². The number of benzene rings is 2. The van der Waals surface area contributed by atoms with Gasteiger partial charge in [-0.15, -0.1) is 11.8 Å². The molecule has 4 amide bonds. The van der Waals surface area contributed by atoms with Gasteiger partial charge in [-0.05, 0) is 36.8 Å². The van der Waals surface area contributed by atoms with E-state index >= 15 is 0 Å². The van der Waals surface area contributed by atoms with E-state index in [1.54, 1.807) is 30.3 Å². The van der Waals surface area contributed by atoms with Gasteiger partial charge in [0.15, 0.2) is 0 Å². The smallest absolute Gasteiger partial charge is 0.325 e. The van der Waals surface area contributed by atoms with Crippen LogP contribution in [0.25, 0.3) is 0 Å². The minimum absolute atomic E-state index is 0.0173. The van der Waals surface area contributed by atoms with Crippen LogP contribution in [0.1, 0.15) is 5.56 Å². The topological polar surface area (TPSA) is 87.3 Å². The Morgan fingerprint density at radius 2 is 1.52 bits per heavy atom. The summed E-state index contributed by atoms with van der Waals surface area (Å²) in [6.45, 7) is 1.94. The Balaban J connectivity index is 1.66. The first-order chi connectivity index (χ1) is 12.0. The first kappa shape index (κ1) is 18.5. The van der Waals surface area contributed by atoms with Gasteiger partial charge >= 0.3 is 6.03 Å². The van der Waals surface area contributed by atoms with Crippen LogP contribution in [-0.4, -0.2) is 29.4 Å². The van der Waals surface area contributed by atoms with E-state index in [4.69, 9.17) is 0 Å². The number of thioether (sulfide) groups is 1. The van der Waals surface area contributed by atoms with Crippen molar-refractivity contribution < 1.29 is 14.4 Å². The third kappa shape index (κ3) is 7.09. The summed E-state index contributed by atoms with van der Waals surface area (Å²) < 4.78 is 0. The molecule has 0 heterocycles. The van der Waals surface area contributed by atoms with Gasteiger partial charge in [0.1, 0.15) is 0 Å². The number of carbonyl (C=O) groups is 3. The molecule has 0 saturated carbocycles. The standard InChI is InChI=1S/C18H19N3O3S/c1-13-6-5-9-15(10-13)19-16(22)11-25-12-17(23)21-18(24)20-14-7-3-2-4-8-14/h2-10H,11-12H2,1H3,(H,19,22)(H2,20,21,23,24). The fourth-order valence-corrected chi connectivity index (χ4v) is 2.62. The molecule has 0 aliphatic heterocycles. The maximum Gasteiger partial charge on any atom is 0.325 e. The average molecular weight is 357 g/mol. The van der Waals surface area contributed by atoms with Crippen LogP contribution in [0, 0.1) is 6.92 Å². The lowest BCUT2D eigenvalue weighted by molar-refractivity contribution is -0.117. The first-order valence-corrected chi connectivity index (χ1v) is 8.78. The molecular weight excluding hydrogens is 338 g/mol. The molecule has 0 bridgehead atoms. The van der Waals surface area contributed by atoms with Gasteiger partial charge in [-0.1, -0.05) is 30.3 Å². The Labute approximate surface area is 150 Å². The number of aryl methyl sites for hydroxylation is 1. The third-order valence-corrected chi connectivity index (χ3v) is 3.99. The van der Waals surface area contributed by atoms with Gasteiger partial charge in [-0.2, -0.15) is 0 Å². The fourth-order valence-electron chi connectivity index (χ4n) is 2.00. The van der Waals surface area contributed by atoms with Gasteiger partial charge in [0.2, 0.25) is 11.8 Å². The largest absolute Gasteiger partial charge is 0.325 e. The molecule has 0 atom stereocenters. The van der Waals surface area contributed by atoms with Crippen LogP contribution in [0.4, 0.5) is 16.2 Å². The third-order valence-electron chi connectivity index (χ3n) is 3.05. The Bertz CT molecular complexity index is 750. The minimum atomic E-state index is -0.596. The van der Waals surface area contributed by atoms with E-state index in [0.29, 0.717) is 5.69 Å². The second kappa shape index (κ2) is 9.48. The van der Waals surface area contributed by atoms with E-state index in [2.05, 4.69) is 16.0 Å². The molecule has 25 heavy (non-hydrogen) atoms. The summed E-state index contributed by atoms with van der Waals surface area (Å²) in [4.78, 5) is 35.2. The van der Waals surface area contributed by atoms with Crippen LogP contribution < -0.4 is 16.0 Å². The van der Waals surface area contributed by atoms with Crippen molar-refractivity contribution in [3.63, 3.8) is 0 Å². The second-order valence-corrected chi connectivity index (χ2v) is 6.26. The lowest BCUT2D eigenvalue weighted by Gasteiger charge is -2.07. The zero-order valence-electron chi connectivity index (χ0n) is 13.7. The molecule has 130 valence electrons. The maximum atomic E-state index is 11.8. The number of urea groups is 1. The molecule has 0 aromatic heterocycles. The van der Waals surface area contributed by atoms with E-state index in [0.717, 1.165) is 23.0 Å². The second-order valence-electron chi connectivity index (χ2n) is 5.28. The molecule has 0 spiro atoms. The molecule has 0 saturated heterocycles. The van der Waals surface area contributed by atoms with Crippen molar-refractivity contribution in [1.29, 1.82) is 0 Å². The van der Waals surface area contributed by atoms with Crippen molar-refractivity contribution in [2.24, 2.45) is 0 Å². The van der Waals surface area contributed by atoms with Crippen molar-refractivity contribution in [2.75, 3.05) is 22.1 Å². The van der Waals surface area contributed by atoms with Crippen LogP contribution in [0.5, 0.6) is 0 Å². The zero-order chi connectivity index (χ0) is 18.1. The SMILES string of the molecule is Cc1cccc(NC(=O)CSCC(=O)NC(=O)Nc2ccccc2)c1. The highest BCUT2D eigenvalue weighted by atomic mass is 32.2. The van der Waals surface area contributed by atoms with E-state index in [9.17, 15) is 14.4 Å². The van der Waals surface area contributed by atoms with Crippen molar-refractivity contribution >= 4 is 41.0 Å². The van der Waals surface area contributed by atoms with Crippen molar-refractivity contribution in [2.45, 2.75) is 6.92 Å². The van der Waals surface area contributed by atoms with Gasteiger partial charge in [0.05, 0.1) is 11.5 Å². The Morgan fingerprint density at radius 3 is 2.24 bits per heavy atom. The molecule has 2 aromatic rings. The van der Waals surface area contributed by atoms with E-state index in [1.807, 2.05) is 31.2 Å². The summed E-state index contributed by atoms with van der Waals surface area (Å²) in [6, 6.07) is 15.7. The predicted molar refractivity (Wildman–Crippen MR) is 101 cm³/mol. The molecule has 0 aliphatic rings. The van der Waals surface area contributed by atoms with Crippen molar-refractivity contribution in [1.82, 2.24) is 5.32 Å². The summed E-state index contributed by atoms with van der Waals surface area (Å²) in [5.41, 5.74) is 2.37. The van der Waals surface area contributed by atoms with Gasteiger partial charge < -0.3 is 10.6 Å². The summed E-state index contributed by atoms with van der Waals surface area (Å²) in [6.07, 6.45) is 0. The Hall–Kier alpha value is -2.80. The van der Waals surface area contributed by atoms with E-state index in [-0.39, 0.29) is 17.4 Å². The van der Waals surface area contributed by atoms with Gasteiger partial charge in [-0.3, -0.25) is 14.9 Å². The number of anilines is 2. The highest BCUT2D eigenvalue weighted by molar-refractivity contribution is 8.00. The molecular formula is C18H19N3O3S. The molecule has 2 aromatic carbocycles. The van der Waals surface area contributed by atoms with Gasteiger partial charge in [-0.25, -0.2) is 4.79 Å². The number of rotatable bonds is 6. The quantitative estimate of drug-likeness (QED) is 0.742. The molecule has 3 N–H and O–H groups in total. The molecule has 7 heteroatoms. The van der Waals surface area contributed by atoms with Crippen molar-refractivity contribution in [3.8, 4) is 0 Å². The summed E-state index contributed by atoms with van der Waals surface area (Å²) >= 11 is 1.14. The van der Waals surface area contributed by atoms with Gasteiger partial charge in [0, 0.05) is 11.4 Å². The number of para-hydroxylation sites is 1. The normalized spacial score (nSPS) is 9.96. The number of carbonyl (C=O) groups excluding carboxylic acids is 3. The summed E-state index contributed by atoms with van der Waals surface area (Å²) in [5, 5.41) is 7.53. The van der Waals surface area contributed by atoms with Crippen LogP contribution >= 0.6 is 11.8 Å². The predicted octanol–water partition coefficient (Wildman–Crippen LogP) is 3.02. The van der Waals surface area contributed by atoms with Gasteiger partial charge in [0.25, 0.3) is 0 Å². The highest BCUT2D eigenvalue weighted by Crippen LogP contribution is 2.10. The Kier molecular flexibility index (Phi) is 7.03. The number of hydrogen-bond acceptors (Lipinski definition) is 4. The fraction of sp³-hybridized carbons (Fsp3) is 0.167. The lowest BCUT2D eigenvalue weighted by atomic mass is 10.2.